The summed E-state index contributed by atoms with van der Waals surface area (Å²) in [6, 6.07) is 3.58. The Balaban J connectivity index is 1.78. The van der Waals surface area contributed by atoms with Crippen molar-refractivity contribution in [1.82, 2.24) is 24.6 Å². The van der Waals surface area contributed by atoms with Crippen LogP contribution in [0, 0.1) is 6.92 Å². The van der Waals surface area contributed by atoms with Crippen LogP contribution in [0.5, 0.6) is 0 Å². The Morgan fingerprint density at radius 3 is 2.96 bits per heavy atom. The van der Waals surface area contributed by atoms with Crippen LogP contribution in [0.3, 0.4) is 0 Å². The molecule has 2 aromatic rings. The van der Waals surface area contributed by atoms with Crippen molar-refractivity contribution in [1.29, 1.82) is 0 Å². The highest BCUT2D eigenvalue weighted by Crippen LogP contribution is 2.23. The Morgan fingerprint density at radius 1 is 1.43 bits per heavy atom. The van der Waals surface area contributed by atoms with E-state index in [1.54, 1.807) is 28.9 Å². The fourth-order valence-corrected chi connectivity index (χ4v) is 2.59. The van der Waals surface area contributed by atoms with Gasteiger partial charge in [-0.2, -0.15) is 5.10 Å². The van der Waals surface area contributed by atoms with Crippen molar-refractivity contribution in [2.45, 2.75) is 13.0 Å². The monoisotopic (exact) mass is 316 g/mol. The number of nitrogens with one attached hydrogen (secondary N) is 1. The largest absolute Gasteiger partial charge is 0.373 e. The number of nitrogens with zero attached hydrogens (tertiary/aromatic N) is 5. The normalized spacial score (nSPS) is 18.0. The molecule has 1 amide bonds. The van der Waals surface area contributed by atoms with Crippen LogP contribution in [0.25, 0.3) is 0 Å². The van der Waals surface area contributed by atoms with Crippen LogP contribution in [0.2, 0.25) is 0 Å². The molecule has 122 valence electrons. The number of ether oxygens (including phenoxy) is 1. The van der Waals surface area contributed by atoms with E-state index in [2.05, 4.69) is 20.4 Å². The lowest BCUT2D eigenvalue weighted by atomic mass is 10.2. The zero-order chi connectivity index (χ0) is 16.4. The topological polar surface area (TPSA) is 85.2 Å². The summed E-state index contributed by atoms with van der Waals surface area (Å²) >= 11 is 0. The van der Waals surface area contributed by atoms with Gasteiger partial charge < -0.3 is 15.0 Å². The Morgan fingerprint density at radius 2 is 2.26 bits per heavy atom. The molecule has 0 saturated carbocycles. The standard InChI is InChI=1S/C15H20N6O2/c1-10-17-12(8-14(16-2)18-10)13-9-21(6-7-23-13)15(22)11-4-5-20(3)19-11/h4-5,8,13H,6-7,9H2,1-3H3,(H,16,17,18). The lowest BCUT2D eigenvalue weighted by Crippen LogP contribution is -2.42. The number of morpholine rings is 1. The van der Waals surface area contributed by atoms with Gasteiger partial charge in [-0.1, -0.05) is 0 Å². The molecule has 23 heavy (non-hydrogen) atoms. The number of hydrogen-bond donors (Lipinski definition) is 1. The molecule has 1 fully saturated rings. The summed E-state index contributed by atoms with van der Waals surface area (Å²) in [5.74, 6) is 1.33. The van der Waals surface area contributed by atoms with E-state index in [0.29, 0.717) is 31.2 Å². The van der Waals surface area contributed by atoms with Gasteiger partial charge in [0.2, 0.25) is 0 Å². The minimum Gasteiger partial charge on any atom is -0.373 e. The first kappa shape index (κ1) is 15.4. The summed E-state index contributed by atoms with van der Waals surface area (Å²) in [6.45, 7) is 3.31. The van der Waals surface area contributed by atoms with Crippen molar-refractivity contribution in [2.24, 2.45) is 7.05 Å². The van der Waals surface area contributed by atoms with Gasteiger partial charge in [-0.25, -0.2) is 9.97 Å². The number of hydrogen-bond acceptors (Lipinski definition) is 6. The molecule has 1 saturated heterocycles. The van der Waals surface area contributed by atoms with Gasteiger partial charge in [0, 0.05) is 32.9 Å². The maximum atomic E-state index is 12.5. The molecule has 0 aliphatic carbocycles. The second-order valence-electron chi connectivity index (χ2n) is 5.46. The fourth-order valence-electron chi connectivity index (χ4n) is 2.59. The molecule has 8 heteroatoms. The van der Waals surface area contributed by atoms with Crippen LogP contribution < -0.4 is 5.32 Å². The van der Waals surface area contributed by atoms with E-state index >= 15 is 0 Å². The first-order chi connectivity index (χ1) is 11.1. The van der Waals surface area contributed by atoms with E-state index in [1.165, 1.54) is 0 Å². The predicted molar refractivity (Wildman–Crippen MR) is 84.1 cm³/mol. The van der Waals surface area contributed by atoms with Gasteiger partial charge in [0.15, 0.2) is 0 Å². The van der Waals surface area contributed by atoms with E-state index in [4.69, 9.17) is 4.74 Å². The highest BCUT2D eigenvalue weighted by atomic mass is 16.5. The van der Waals surface area contributed by atoms with Crippen LogP contribution >= 0.6 is 0 Å². The summed E-state index contributed by atoms with van der Waals surface area (Å²) in [7, 11) is 3.60. The number of aromatic nitrogens is 4. The quantitative estimate of drug-likeness (QED) is 0.900. The van der Waals surface area contributed by atoms with Gasteiger partial charge in [-0.15, -0.1) is 0 Å². The maximum absolute atomic E-state index is 12.5. The summed E-state index contributed by atoms with van der Waals surface area (Å²) in [6.07, 6.45) is 1.50. The molecule has 2 aromatic heterocycles. The van der Waals surface area contributed by atoms with Crippen LogP contribution in [0.15, 0.2) is 18.3 Å². The van der Waals surface area contributed by atoms with Crippen molar-refractivity contribution in [3.05, 3.63) is 35.5 Å². The summed E-state index contributed by atoms with van der Waals surface area (Å²) in [4.78, 5) is 23.0. The van der Waals surface area contributed by atoms with Crippen LogP contribution in [0.1, 0.15) is 28.1 Å². The predicted octanol–water partition coefficient (Wildman–Crippen LogP) is 0.774. The summed E-state index contributed by atoms with van der Waals surface area (Å²) in [5, 5.41) is 7.18. The number of anilines is 1. The summed E-state index contributed by atoms with van der Waals surface area (Å²) in [5.41, 5.74) is 1.23. The molecule has 3 heterocycles. The van der Waals surface area contributed by atoms with Gasteiger partial charge in [0.05, 0.1) is 18.8 Å². The molecule has 1 aliphatic heterocycles. The van der Waals surface area contributed by atoms with Gasteiger partial charge in [-0.05, 0) is 13.0 Å². The molecular weight excluding hydrogens is 296 g/mol. The first-order valence-corrected chi connectivity index (χ1v) is 7.50. The molecule has 0 aromatic carbocycles. The molecule has 0 radical (unpaired) electrons. The molecule has 1 unspecified atom stereocenters. The van der Waals surface area contributed by atoms with Crippen molar-refractivity contribution < 1.29 is 9.53 Å². The molecule has 0 bridgehead atoms. The summed E-state index contributed by atoms with van der Waals surface area (Å²) < 4.78 is 7.43. The molecule has 1 aliphatic rings. The van der Waals surface area contributed by atoms with E-state index in [1.807, 2.05) is 20.0 Å². The Kier molecular flexibility index (Phi) is 4.24. The Labute approximate surface area is 134 Å². The van der Waals surface area contributed by atoms with E-state index in [0.717, 1.165) is 11.5 Å². The van der Waals surface area contributed by atoms with Crippen LogP contribution in [-0.4, -0.2) is 57.3 Å². The minimum absolute atomic E-state index is 0.0847. The SMILES string of the molecule is CNc1cc(C2CN(C(=O)c3ccn(C)n3)CCO2)nc(C)n1. The van der Waals surface area contributed by atoms with Gasteiger partial charge >= 0.3 is 0 Å². The van der Waals surface area contributed by atoms with Crippen molar-refractivity contribution >= 4 is 11.7 Å². The Hall–Kier alpha value is -2.48. The number of amides is 1. The second kappa shape index (κ2) is 6.33. The lowest BCUT2D eigenvalue weighted by Gasteiger charge is -2.32. The van der Waals surface area contributed by atoms with Gasteiger partial charge in [0.25, 0.3) is 5.91 Å². The lowest BCUT2D eigenvalue weighted by molar-refractivity contribution is -0.0250. The average molecular weight is 316 g/mol. The number of rotatable bonds is 3. The molecular formula is C15H20N6O2. The molecule has 1 atom stereocenters. The third kappa shape index (κ3) is 3.31. The minimum atomic E-state index is -0.259. The number of carbonyl (C=O) groups excluding carboxylic acids is 1. The van der Waals surface area contributed by atoms with E-state index in [9.17, 15) is 4.79 Å². The fraction of sp³-hybridized carbons (Fsp3) is 0.467. The smallest absolute Gasteiger partial charge is 0.274 e. The zero-order valence-corrected chi connectivity index (χ0v) is 13.5. The molecule has 8 nitrogen and oxygen atoms in total. The van der Waals surface area contributed by atoms with Gasteiger partial charge in [-0.3, -0.25) is 9.48 Å². The van der Waals surface area contributed by atoms with Crippen LogP contribution in [-0.2, 0) is 11.8 Å². The maximum Gasteiger partial charge on any atom is 0.274 e. The average Bonchev–Trinajstić information content (AvgIpc) is 3.00. The van der Waals surface area contributed by atoms with Crippen LogP contribution in [0.4, 0.5) is 5.82 Å². The van der Waals surface area contributed by atoms with E-state index < -0.39 is 0 Å². The first-order valence-electron chi connectivity index (χ1n) is 7.50. The second-order valence-corrected chi connectivity index (χ2v) is 5.46. The third-order valence-electron chi connectivity index (χ3n) is 3.73. The molecule has 1 N–H and O–H groups in total. The van der Waals surface area contributed by atoms with E-state index in [-0.39, 0.29) is 12.0 Å². The van der Waals surface area contributed by atoms with Gasteiger partial charge in [0.1, 0.15) is 23.4 Å². The van der Waals surface area contributed by atoms with Crippen molar-refractivity contribution in [2.75, 3.05) is 32.1 Å². The zero-order valence-electron chi connectivity index (χ0n) is 13.5. The highest BCUT2D eigenvalue weighted by molar-refractivity contribution is 5.92. The molecule has 0 spiro atoms. The number of carbonyl (C=O) groups is 1. The molecule has 3 rings (SSSR count). The third-order valence-corrected chi connectivity index (χ3v) is 3.73. The van der Waals surface area contributed by atoms with Crippen molar-refractivity contribution in [3.8, 4) is 0 Å². The Bertz CT molecular complexity index is 714. The highest BCUT2D eigenvalue weighted by Gasteiger charge is 2.28. The number of aryl methyl sites for hydroxylation is 2. The van der Waals surface area contributed by atoms with Crippen molar-refractivity contribution in [3.63, 3.8) is 0 Å².